The maximum Gasteiger partial charge on any atom is 0.258 e. The number of carbonyl (C=O) groups excluding carboxylic acids is 1. The Kier molecular flexibility index (Phi) is 3.74. The molecule has 0 aliphatic rings. The number of aromatic nitrogens is 1. The maximum absolute atomic E-state index is 13.4. The molecule has 0 saturated heterocycles. The minimum Gasteiger partial charge on any atom is -0.322 e. The van der Waals surface area contributed by atoms with Gasteiger partial charge in [0.05, 0.1) is 22.3 Å². The second-order valence-corrected chi connectivity index (χ2v) is 4.02. The van der Waals surface area contributed by atoms with Crippen LogP contribution in [0.3, 0.4) is 0 Å². The van der Waals surface area contributed by atoms with Crippen LogP contribution in [0, 0.1) is 17.1 Å². The summed E-state index contributed by atoms with van der Waals surface area (Å²) in [7, 11) is 0. The van der Waals surface area contributed by atoms with Crippen LogP contribution in [0.5, 0.6) is 0 Å². The highest BCUT2D eigenvalue weighted by molar-refractivity contribution is 6.31. The first-order valence-electron chi connectivity index (χ1n) is 5.22. The average Bonchev–Trinajstić information content (AvgIpc) is 2.41. The lowest BCUT2D eigenvalue weighted by Gasteiger charge is -2.06. The first-order valence-corrected chi connectivity index (χ1v) is 5.60. The molecule has 4 nitrogen and oxygen atoms in total. The van der Waals surface area contributed by atoms with Crippen LogP contribution in [0.25, 0.3) is 0 Å². The van der Waals surface area contributed by atoms with E-state index in [1.54, 1.807) is 0 Å². The van der Waals surface area contributed by atoms with E-state index >= 15 is 0 Å². The summed E-state index contributed by atoms with van der Waals surface area (Å²) in [5.74, 6) is -1.33. The molecule has 1 heterocycles. The molecule has 0 radical (unpaired) electrons. The van der Waals surface area contributed by atoms with E-state index in [-0.39, 0.29) is 16.1 Å². The molecule has 1 amide bonds. The summed E-state index contributed by atoms with van der Waals surface area (Å²) < 4.78 is 13.4. The monoisotopic (exact) mass is 275 g/mol. The molecule has 2 aromatic rings. The van der Waals surface area contributed by atoms with Gasteiger partial charge in [0.25, 0.3) is 5.91 Å². The van der Waals surface area contributed by atoms with E-state index in [9.17, 15) is 9.18 Å². The number of hydrogen-bond donors (Lipinski definition) is 1. The van der Waals surface area contributed by atoms with Crippen LogP contribution in [0.15, 0.2) is 36.7 Å². The third-order valence-electron chi connectivity index (χ3n) is 2.36. The number of nitrogens with zero attached hydrogens (tertiary/aromatic N) is 2. The van der Waals surface area contributed by atoms with E-state index in [0.29, 0.717) is 5.69 Å². The lowest BCUT2D eigenvalue weighted by molar-refractivity contribution is 0.102. The fourth-order valence-electron chi connectivity index (χ4n) is 1.45. The van der Waals surface area contributed by atoms with Gasteiger partial charge in [0.1, 0.15) is 6.07 Å². The summed E-state index contributed by atoms with van der Waals surface area (Å²) >= 11 is 5.77. The fraction of sp³-hybridized carbons (Fsp3) is 0. The topological polar surface area (TPSA) is 65.8 Å². The molecule has 0 saturated carbocycles. The largest absolute Gasteiger partial charge is 0.322 e. The van der Waals surface area contributed by atoms with Crippen molar-refractivity contribution in [2.45, 2.75) is 0 Å². The Morgan fingerprint density at radius 1 is 1.42 bits per heavy atom. The molecule has 0 aliphatic heterocycles. The highest BCUT2D eigenvalue weighted by Crippen LogP contribution is 2.20. The van der Waals surface area contributed by atoms with E-state index < -0.39 is 11.7 Å². The van der Waals surface area contributed by atoms with Crippen LogP contribution in [0.1, 0.15) is 15.9 Å². The highest BCUT2D eigenvalue weighted by atomic mass is 35.5. The molecule has 0 unspecified atom stereocenters. The molecular formula is C13H7ClFN3O. The number of carbonyl (C=O) groups is 1. The first-order chi connectivity index (χ1) is 9.11. The Morgan fingerprint density at radius 3 is 2.89 bits per heavy atom. The van der Waals surface area contributed by atoms with E-state index in [4.69, 9.17) is 16.9 Å². The quantitative estimate of drug-likeness (QED) is 0.916. The van der Waals surface area contributed by atoms with Crippen molar-refractivity contribution < 1.29 is 9.18 Å². The van der Waals surface area contributed by atoms with Crippen molar-refractivity contribution in [3.63, 3.8) is 0 Å². The van der Waals surface area contributed by atoms with Gasteiger partial charge in [0, 0.05) is 11.9 Å². The van der Waals surface area contributed by atoms with Crippen LogP contribution in [0.4, 0.5) is 10.1 Å². The smallest absolute Gasteiger partial charge is 0.258 e. The molecule has 0 fully saturated rings. The number of halogens is 2. The lowest BCUT2D eigenvalue weighted by atomic mass is 10.2. The van der Waals surface area contributed by atoms with Crippen molar-refractivity contribution in [2.75, 3.05) is 5.32 Å². The maximum atomic E-state index is 13.4. The van der Waals surface area contributed by atoms with E-state index in [1.165, 1.54) is 30.5 Å². The van der Waals surface area contributed by atoms with Gasteiger partial charge >= 0.3 is 0 Å². The molecule has 6 heteroatoms. The molecule has 1 aromatic carbocycles. The van der Waals surface area contributed by atoms with Crippen LogP contribution in [0.2, 0.25) is 5.02 Å². The zero-order valence-corrected chi connectivity index (χ0v) is 10.3. The molecule has 94 valence electrons. The number of anilines is 1. The van der Waals surface area contributed by atoms with Gasteiger partial charge in [-0.15, -0.1) is 0 Å². The van der Waals surface area contributed by atoms with E-state index in [2.05, 4.69) is 10.3 Å². The normalized spacial score (nSPS) is 9.74. The Labute approximate surface area is 113 Å². The summed E-state index contributed by atoms with van der Waals surface area (Å²) in [6, 6.07) is 7.59. The number of hydrogen-bond acceptors (Lipinski definition) is 3. The van der Waals surface area contributed by atoms with Gasteiger partial charge < -0.3 is 5.32 Å². The van der Waals surface area contributed by atoms with Crippen molar-refractivity contribution in [1.82, 2.24) is 4.98 Å². The summed E-state index contributed by atoms with van der Waals surface area (Å²) in [5.41, 5.74) is 0.472. The second kappa shape index (κ2) is 5.46. The van der Waals surface area contributed by atoms with Gasteiger partial charge in [-0.2, -0.15) is 5.26 Å². The van der Waals surface area contributed by atoms with Gasteiger partial charge in [-0.3, -0.25) is 9.78 Å². The number of nitriles is 1. The van der Waals surface area contributed by atoms with Gasteiger partial charge in [0.2, 0.25) is 0 Å². The molecule has 0 bridgehead atoms. The van der Waals surface area contributed by atoms with Crippen molar-refractivity contribution >= 4 is 23.2 Å². The zero-order valence-electron chi connectivity index (χ0n) is 9.52. The third kappa shape index (κ3) is 2.87. The molecule has 0 spiro atoms. The molecule has 1 aromatic heterocycles. The molecule has 2 rings (SSSR count). The summed E-state index contributed by atoms with van der Waals surface area (Å²) in [6.45, 7) is 0. The summed E-state index contributed by atoms with van der Waals surface area (Å²) in [5, 5.41) is 11.6. The predicted octanol–water partition coefficient (Wildman–Crippen LogP) is 3.00. The van der Waals surface area contributed by atoms with Crippen molar-refractivity contribution in [1.29, 1.82) is 5.26 Å². The Hall–Kier alpha value is -2.45. The van der Waals surface area contributed by atoms with Crippen LogP contribution in [-0.4, -0.2) is 10.9 Å². The Bertz CT molecular complexity index is 682. The highest BCUT2D eigenvalue weighted by Gasteiger charge is 2.12. The van der Waals surface area contributed by atoms with Gasteiger partial charge in [-0.25, -0.2) is 4.39 Å². The van der Waals surface area contributed by atoms with Crippen molar-refractivity contribution in [3.8, 4) is 6.07 Å². The van der Waals surface area contributed by atoms with Crippen LogP contribution in [-0.2, 0) is 0 Å². The fourth-order valence-corrected chi connectivity index (χ4v) is 1.61. The van der Waals surface area contributed by atoms with E-state index in [1.807, 2.05) is 6.07 Å². The number of amides is 1. The number of nitrogens with one attached hydrogen (secondary N) is 1. The SMILES string of the molecule is N#Cc1cc(NC(=O)c2ccncc2F)ccc1Cl. The summed E-state index contributed by atoms with van der Waals surface area (Å²) in [4.78, 5) is 15.4. The molecule has 19 heavy (non-hydrogen) atoms. The van der Waals surface area contributed by atoms with Crippen molar-refractivity contribution in [3.05, 3.63) is 58.6 Å². The molecule has 0 atom stereocenters. The standard InChI is InChI=1S/C13H7ClFN3O/c14-11-2-1-9(5-8(11)6-16)18-13(19)10-3-4-17-7-12(10)15/h1-5,7H,(H,18,19). The van der Waals surface area contributed by atoms with Gasteiger partial charge in [-0.1, -0.05) is 11.6 Å². The van der Waals surface area contributed by atoms with Crippen LogP contribution < -0.4 is 5.32 Å². The zero-order chi connectivity index (χ0) is 13.8. The molecular weight excluding hydrogens is 269 g/mol. The summed E-state index contributed by atoms with van der Waals surface area (Å²) in [6.07, 6.45) is 2.28. The molecule has 1 N–H and O–H groups in total. The predicted molar refractivity (Wildman–Crippen MR) is 68.3 cm³/mol. The number of pyridine rings is 1. The van der Waals surface area contributed by atoms with E-state index in [0.717, 1.165) is 6.20 Å². The average molecular weight is 276 g/mol. The van der Waals surface area contributed by atoms with Crippen molar-refractivity contribution in [2.24, 2.45) is 0 Å². The molecule has 0 aliphatic carbocycles. The minimum absolute atomic E-state index is 0.122. The Balaban J connectivity index is 2.25. The first kappa shape index (κ1) is 13.0. The van der Waals surface area contributed by atoms with Gasteiger partial charge in [0.15, 0.2) is 5.82 Å². The number of benzene rings is 1. The minimum atomic E-state index is -0.713. The third-order valence-corrected chi connectivity index (χ3v) is 2.69. The lowest BCUT2D eigenvalue weighted by Crippen LogP contribution is -2.14. The number of rotatable bonds is 2. The van der Waals surface area contributed by atoms with Gasteiger partial charge in [-0.05, 0) is 24.3 Å². The van der Waals surface area contributed by atoms with Crippen LogP contribution >= 0.6 is 11.6 Å². The second-order valence-electron chi connectivity index (χ2n) is 3.62. The Morgan fingerprint density at radius 2 is 2.21 bits per heavy atom.